The van der Waals surface area contributed by atoms with Crippen LogP contribution < -0.4 is 10.1 Å². The van der Waals surface area contributed by atoms with Crippen LogP contribution in [-0.4, -0.2) is 43.0 Å². The first-order chi connectivity index (χ1) is 9.47. The van der Waals surface area contributed by atoms with Gasteiger partial charge in [0.2, 0.25) is 11.7 Å². The van der Waals surface area contributed by atoms with E-state index in [1.54, 1.807) is 0 Å². The molecule has 0 radical (unpaired) electrons. The fourth-order valence-electron chi connectivity index (χ4n) is 1.72. The second-order valence-corrected chi connectivity index (χ2v) is 5.07. The highest BCUT2D eigenvalue weighted by molar-refractivity contribution is 9.10. The van der Waals surface area contributed by atoms with Crippen LogP contribution in [0.25, 0.3) is 0 Å². The second kappa shape index (κ2) is 6.17. The Balaban J connectivity index is 1.98. The van der Waals surface area contributed by atoms with Crippen molar-refractivity contribution in [2.24, 2.45) is 0 Å². The van der Waals surface area contributed by atoms with Crippen LogP contribution in [0.15, 0.2) is 16.6 Å². The molecule has 1 heterocycles. The molecule has 1 aliphatic rings. The number of nitrogens with one attached hydrogen (secondary N) is 1. The lowest BCUT2D eigenvalue weighted by Crippen LogP contribution is -2.51. The van der Waals surface area contributed by atoms with Crippen molar-refractivity contribution < 1.29 is 23.1 Å². The van der Waals surface area contributed by atoms with E-state index in [4.69, 9.17) is 4.74 Å². The molecular formula is C12H11BrF2N2O3. The Morgan fingerprint density at radius 1 is 1.45 bits per heavy atom. The molecule has 20 heavy (non-hydrogen) atoms. The van der Waals surface area contributed by atoms with Crippen molar-refractivity contribution in [3.63, 3.8) is 0 Å². The first kappa shape index (κ1) is 14.7. The number of hydrogen-bond acceptors (Lipinski definition) is 3. The average Bonchev–Trinajstić information content (AvgIpc) is 2.40. The topological polar surface area (TPSA) is 58.6 Å². The maximum Gasteiger partial charge on any atom is 0.261 e. The highest BCUT2D eigenvalue weighted by Crippen LogP contribution is 2.25. The normalized spacial score (nSPS) is 14.9. The number of amides is 2. The highest BCUT2D eigenvalue weighted by Gasteiger charge is 2.22. The quantitative estimate of drug-likeness (QED) is 0.831. The van der Waals surface area contributed by atoms with Gasteiger partial charge < -0.3 is 15.0 Å². The van der Waals surface area contributed by atoms with Gasteiger partial charge in [-0.15, -0.1) is 0 Å². The summed E-state index contributed by atoms with van der Waals surface area (Å²) in [6, 6.07) is 2.19. The van der Waals surface area contributed by atoms with Crippen molar-refractivity contribution in [1.29, 1.82) is 0 Å². The Labute approximate surface area is 122 Å². The molecule has 0 bridgehead atoms. The minimum Gasteiger partial charge on any atom is -0.481 e. The van der Waals surface area contributed by atoms with E-state index in [2.05, 4.69) is 21.2 Å². The van der Waals surface area contributed by atoms with Gasteiger partial charge in [0.05, 0.1) is 6.54 Å². The van der Waals surface area contributed by atoms with Gasteiger partial charge in [-0.2, -0.15) is 4.39 Å². The number of nitrogens with zero attached hydrogens (tertiary/aromatic N) is 1. The third kappa shape index (κ3) is 3.44. The van der Waals surface area contributed by atoms with Crippen LogP contribution in [0.5, 0.6) is 5.75 Å². The van der Waals surface area contributed by atoms with Gasteiger partial charge in [0.25, 0.3) is 5.91 Å². The molecule has 2 rings (SSSR count). The summed E-state index contributed by atoms with van der Waals surface area (Å²) in [6.07, 6.45) is 0. The van der Waals surface area contributed by atoms with Gasteiger partial charge in [-0.25, -0.2) is 4.39 Å². The van der Waals surface area contributed by atoms with Crippen molar-refractivity contribution in [1.82, 2.24) is 10.2 Å². The molecule has 1 N–H and O–H groups in total. The van der Waals surface area contributed by atoms with Crippen LogP contribution in [0.4, 0.5) is 8.78 Å². The lowest BCUT2D eigenvalue weighted by molar-refractivity contribution is -0.139. The fraction of sp³-hybridized carbons (Fsp3) is 0.333. The number of rotatable bonds is 3. The zero-order valence-electron chi connectivity index (χ0n) is 10.3. The predicted octanol–water partition coefficient (Wildman–Crippen LogP) is 1.06. The minimum atomic E-state index is -1.16. The van der Waals surface area contributed by atoms with Crippen LogP contribution in [0.2, 0.25) is 0 Å². The minimum absolute atomic E-state index is 0.0580. The van der Waals surface area contributed by atoms with E-state index < -0.39 is 24.1 Å². The van der Waals surface area contributed by atoms with Crippen molar-refractivity contribution in [3.8, 4) is 5.75 Å². The van der Waals surface area contributed by atoms with Crippen LogP contribution in [0.3, 0.4) is 0 Å². The smallest absolute Gasteiger partial charge is 0.261 e. The summed E-state index contributed by atoms with van der Waals surface area (Å²) in [5.41, 5.74) is 0. The van der Waals surface area contributed by atoms with Crippen molar-refractivity contribution in [3.05, 3.63) is 28.2 Å². The molecule has 0 atom stereocenters. The Morgan fingerprint density at radius 2 is 2.20 bits per heavy atom. The zero-order chi connectivity index (χ0) is 14.7. The van der Waals surface area contributed by atoms with Gasteiger partial charge in [-0.3, -0.25) is 9.59 Å². The molecule has 1 saturated heterocycles. The molecule has 1 aliphatic heterocycles. The monoisotopic (exact) mass is 348 g/mol. The molecule has 0 unspecified atom stereocenters. The molecule has 1 fully saturated rings. The maximum atomic E-state index is 13.4. The number of carbonyl (C=O) groups is 2. The number of halogens is 3. The number of piperazine rings is 1. The molecule has 8 heteroatoms. The van der Waals surface area contributed by atoms with Gasteiger partial charge in [-0.1, -0.05) is 15.9 Å². The molecule has 0 saturated carbocycles. The molecule has 5 nitrogen and oxygen atoms in total. The average molecular weight is 349 g/mol. The Hall–Kier alpha value is -1.70. The molecule has 108 valence electrons. The summed E-state index contributed by atoms with van der Waals surface area (Å²) in [5, 5.41) is 2.58. The maximum absolute atomic E-state index is 13.4. The van der Waals surface area contributed by atoms with Gasteiger partial charge in [0.1, 0.15) is 0 Å². The second-order valence-electron chi connectivity index (χ2n) is 4.15. The van der Waals surface area contributed by atoms with Crippen molar-refractivity contribution in [2.45, 2.75) is 0 Å². The first-order valence-corrected chi connectivity index (χ1v) is 6.58. The summed E-state index contributed by atoms with van der Waals surface area (Å²) in [7, 11) is 0. The fourth-order valence-corrected chi connectivity index (χ4v) is 2.13. The number of ether oxygens (including phenoxy) is 1. The van der Waals surface area contributed by atoms with Gasteiger partial charge in [-0.05, 0) is 12.1 Å². The number of benzene rings is 1. The van der Waals surface area contributed by atoms with E-state index in [1.165, 1.54) is 11.0 Å². The summed E-state index contributed by atoms with van der Waals surface area (Å²) in [6.45, 7) is 0.214. The van der Waals surface area contributed by atoms with Crippen LogP contribution in [0, 0.1) is 11.6 Å². The largest absolute Gasteiger partial charge is 0.481 e. The molecule has 0 aromatic heterocycles. The van der Waals surface area contributed by atoms with Crippen LogP contribution in [-0.2, 0) is 9.59 Å². The third-order valence-corrected chi connectivity index (χ3v) is 3.16. The molecule has 2 amide bonds. The van der Waals surface area contributed by atoms with Crippen LogP contribution in [0.1, 0.15) is 0 Å². The van der Waals surface area contributed by atoms with E-state index in [1.807, 2.05) is 0 Å². The zero-order valence-corrected chi connectivity index (χ0v) is 11.9. The molecule has 0 spiro atoms. The third-order valence-electron chi connectivity index (χ3n) is 2.70. The summed E-state index contributed by atoms with van der Waals surface area (Å²) in [5.74, 6) is -3.30. The van der Waals surface area contributed by atoms with Crippen LogP contribution >= 0.6 is 15.9 Å². The number of hydrogen-bond donors (Lipinski definition) is 1. The Bertz CT molecular complexity index is 554. The summed E-state index contributed by atoms with van der Waals surface area (Å²) in [4.78, 5) is 24.2. The lowest BCUT2D eigenvalue weighted by atomic mass is 10.3. The standard InChI is InChI=1S/C12H11BrF2N2O3/c13-7-3-8(14)12(15)9(4-7)20-6-11(19)17-2-1-16-10(18)5-17/h3-4H,1-2,5-6H2,(H,16,18). The predicted molar refractivity (Wildman–Crippen MR) is 69.1 cm³/mol. The molecule has 1 aromatic rings. The van der Waals surface area contributed by atoms with Gasteiger partial charge in [0.15, 0.2) is 18.2 Å². The Morgan fingerprint density at radius 3 is 2.90 bits per heavy atom. The summed E-state index contributed by atoms with van der Waals surface area (Å²) >= 11 is 3.00. The molecular weight excluding hydrogens is 338 g/mol. The lowest BCUT2D eigenvalue weighted by Gasteiger charge is -2.26. The summed E-state index contributed by atoms with van der Waals surface area (Å²) < 4.78 is 31.8. The van der Waals surface area contributed by atoms with Crippen molar-refractivity contribution >= 4 is 27.7 Å². The number of carbonyl (C=O) groups excluding carboxylic acids is 2. The van der Waals surface area contributed by atoms with E-state index >= 15 is 0 Å². The van der Waals surface area contributed by atoms with E-state index in [9.17, 15) is 18.4 Å². The highest BCUT2D eigenvalue weighted by atomic mass is 79.9. The first-order valence-electron chi connectivity index (χ1n) is 5.79. The van der Waals surface area contributed by atoms with E-state index in [0.717, 1.165) is 6.07 Å². The van der Waals surface area contributed by atoms with Gasteiger partial charge >= 0.3 is 0 Å². The SMILES string of the molecule is O=C1CN(C(=O)COc2cc(Br)cc(F)c2F)CCN1. The molecule has 0 aliphatic carbocycles. The van der Waals surface area contributed by atoms with Gasteiger partial charge in [0, 0.05) is 17.6 Å². The Kier molecular flexibility index (Phi) is 4.53. The molecule has 1 aromatic carbocycles. The van der Waals surface area contributed by atoms with Crippen molar-refractivity contribution in [2.75, 3.05) is 26.2 Å². The van der Waals surface area contributed by atoms with E-state index in [0.29, 0.717) is 17.6 Å². The van der Waals surface area contributed by atoms with E-state index in [-0.39, 0.29) is 18.2 Å².